The molecule has 0 radical (unpaired) electrons. The molecular weight excluding hydrogens is 388 g/mol. The molecule has 1 amide bonds. The van der Waals surface area contributed by atoms with Gasteiger partial charge in [0.15, 0.2) is 11.0 Å². The molecule has 0 saturated carbocycles. The first kappa shape index (κ1) is 19.6. The van der Waals surface area contributed by atoms with Gasteiger partial charge in [0.1, 0.15) is 0 Å². The van der Waals surface area contributed by atoms with Gasteiger partial charge in [-0.2, -0.15) is 0 Å². The molecule has 9 heteroatoms. The third-order valence-electron chi connectivity index (χ3n) is 4.93. The lowest BCUT2D eigenvalue weighted by Gasteiger charge is -2.20. The Morgan fingerprint density at radius 3 is 2.76 bits per heavy atom. The highest BCUT2D eigenvalue weighted by molar-refractivity contribution is 7.98. The normalized spacial score (nSPS) is 14.9. The van der Waals surface area contributed by atoms with Gasteiger partial charge in [-0.3, -0.25) is 4.79 Å². The van der Waals surface area contributed by atoms with E-state index in [9.17, 15) is 4.79 Å². The van der Waals surface area contributed by atoms with Gasteiger partial charge in [0, 0.05) is 25.1 Å². The Morgan fingerprint density at radius 1 is 1.07 bits per heavy atom. The molecular formula is C20H24N6O2S. The van der Waals surface area contributed by atoms with Crippen molar-refractivity contribution in [2.24, 2.45) is 0 Å². The van der Waals surface area contributed by atoms with Gasteiger partial charge in [-0.1, -0.05) is 36.4 Å². The van der Waals surface area contributed by atoms with Crippen molar-refractivity contribution in [2.75, 3.05) is 6.54 Å². The summed E-state index contributed by atoms with van der Waals surface area (Å²) in [6, 6.07) is 9.70. The van der Waals surface area contributed by atoms with Gasteiger partial charge in [0.2, 0.25) is 17.7 Å². The topological polar surface area (TPSA) is 89.9 Å². The molecule has 4 rings (SSSR count). The third-order valence-corrected chi connectivity index (χ3v) is 5.88. The van der Waals surface area contributed by atoms with Crippen LogP contribution in [-0.4, -0.2) is 42.3 Å². The van der Waals surface area contributed by atoms with E-state index in [1.807, 2.05) is 35.2 Å². The Labute approximate surface area is 173 Å². The number of benzene rings is 1. The SMILES string of the molecule is CCn1c(CN2CCCCCC2=O)nnc1SCc1nnc(-c2ccccc2)o1. The van der Waals surface area contributed by atoms with E-state index in [1.54, 1.807) is 0 Å². The van der Waals surface area contributed by atoms with Gasteiger partial charge in [0.05, 0.1) is 12.3 Å². The Balaban J connectivity index is 1.42. The second-order valence-corrected chi connectivity index (χ2v) is 7.87. The van der Waals surface area contributed by atoms with Crippen molar-refractivity contribution in [1.29, 1.82) is 0 Å². The minimum Gasteiger partial charge on any atom is -0.420 e. The monoisotopic (exact) mass is 412 g/mol. The van der Waals surface area contributed by atoms with E-state index in [4.69, 9.17) is 4.42 Å². The molecule has 1 aliphatic rings. The molecule has 8 nitrogen and oxygen atoms in total. The highest BCUT2D eigenvalue weighted by Gasteiger charge is 2.21. The summed E-state index contributed by atoms with van der Waals surface area (Å²) in [6.45, 7) is 4.11. The van der Waals surface area contributed by atoms with Crippen LogP contribution >= 0.6 is 11.8 Å². The molecule has 3 aromatic rings. The van der Waals surface area contributed by atoms with E-state index >= 15 is 0 Å². The number of carbonyl (C=O) groups excluding carboxylic acids is 1. The predicted octanol–water partition coefficient (Wildman–Crippen LogP) is 3.54. The summed E-state index contributed by atoms with van der Waals surface area (Å²) in [7, 11) is 0. The van der Waals surface area contributed by atoms with Gasteiger partial charge in [-0.15, -0.1) is 20.4 Å². The Morgan fingerprint density at radius 2 is 1.93 bits per heavy atom. The molecule has 1 aromatic carbocycles. The van der Waals surface area contributed by atoms with Crippen molar-refractivity contribution in [1.82, 2.24) is 29.9 Å². The molecule has 0 spiro atoms. The molecule has 0 atom stereocenters. The number of likely N-dealkylation sites (tertiary alicyclic amines) is 1. The summed E-state index contributed by atoms with van der Waals surface area (Å²) in [4.78, 5) is 14.2. The molecule has 3 heterocycles. The number of thioether (sulfide) groups is 1. The van der Waals surface area contributed by atoms with Crippen molar-refractivity contribution in [3.8, 4) is 11.5 Å². The summed E-state index contributed by atoms with van der Waals surface area (Å²) in [6.07, 6.45) is 3.77. The van der Waals surface area contributed by atoms with E-state index in [-0.39, 0.29) is 5.91 Å². The van der Waals surface area contributed by atoms with Crippen LogP contribution in [0.4, 0.5) is 0 Å². The standard InChI is InChI=1S/C20H24N6O2S/c1-2-26-16(13-25-12-8-4-7-11-18(25)27)21-24-20(26)29-14-17-22-23-19(28-17)15-9-5-3-6-10-15/h3,5-6,9-10H,2,4,7-8,11-14H2,1H3. The van der Waals surface area contributed by atoms with Gasteiger partial charge >= 0.3 is 0 Å². The Hall–Kier alpha value is -2.68. The second kappa shape index (κ2) is 9.21. The van der Waals surface area contributed by atoms with Crippen LogP contribution in [0.15, 0.2) is 39.9 Å². The van der Waals surface area contributed by atoms with Crippen LogP contribution in [0.1, 0.15) is 44.3 Å². The molecule has 0 bridgehead atoms. The van der Waals surface area contributed by atoms with Gasteiger partial charge < -0.3 is 13.9 Å². The summed E-state index contributed by atoms with van der Waals surface area (Å²) in [5, 5.41) is 17.7. The van der Waals surface area contributed by atoms with E-state index in [1.165, 1.54) is 11.8 Å². The minimum absolute atomic E-state index is 0.210. The van der Waals surface area contributed by atoms with Crippen molar-refractivity contribution in [3.63, 3.8) is 0 Å². The molecule has 0 unspecified atom stereocenters. The largest absolute Gasteiger partial charge is 0.420 e. The lowest BCUT2D eigenvalue weighted by Crippen LogP contribution is -2.31. The molecule has 152 valence electrons. The average Bonchev–Trinajstić information content (AvgIpc) is 3.32. The maximum atomic E-state index is 12.3. The number of hydrogen-bond donors (Lipinski definition) is 0. The molecule has 2 aromatic heterocycles. The summed E-state index contributed by atoms with van der Waals surface area (Å²) in [5.41, 5.74) is 0.900. The number of nitrogens with zero attached hydrogens (tertiary/aromatic N) is 6. The number of rotatable bonds is 7. The molecule has 29 heavy (non-hydrogen) atoms. The fourth-order valence-electron chi connectivity index (χ4n) is 3.37. The summed E-state index contributed by atoms with van der Waals surface area (Å²) >= 11 is 1.51. The summed E-state index contributed by atoms with van der Waals surface area (Å²) < 4.78 is 7.82. The van der Waals surface area contributed by atoms with Crippen molar-refractivity contribution < 1.29 is 9.21 Å². The summed E-state index contributed by atoms with van der Waals surface area (Å²) in [5.74, 6) is 2.60. The number of hydrogen-bond acceptors (Lipinski definition) is 7. The van der Waals surface area contributed by atoms with Crippen LogP contribution in [0.25, 0.3) is 11.5 Å². The molecule has 0 N–H and O–H groups in total. The molecule has 1 saturated heterocycles. The lowest BCUT2D eigenvalue weighted by molar-refractivity contribution is -0.131. The highest BCUT2D eigenvalue weighted by Crippen LogP contribution is 2.24. The molecule has 0 aliphatic carbocycles. The lowest BCUT2D eigenvalue weighted by atomic mass is 10.2. The smallest absolute Gasteiger partial charge is 0.247 e. The van der Waals surface area contributed by atoms with Crippen LogP contribution in [-0.2, 0) is 23.6 Å². The van der Waals surface area contributed by atoms with Crippen LogP contribution in [0.5, 0.6) is 0 Å². The van der Waals surface area contributed by atoms with Crippen LogP contribution in [0, 0.1) is 0 Å². The molecule has 1 fully saturated rings. The van der Waals surface area contributed by atoms with Crippen molar-refractivity contribution >= 4 is 17.7 Å². The first-order chi connectivity index (χ1) is 14.2. The highest BCUT2D eigenvalue weighted by atomic mass is 32.2. The number of amides is 1. The van der Waals surface area contributed by atoms with Crippen LogP contribution in [0.3, 0.4) is 0 Å². The zero-order valence-electron chi connectivity index (χ0n) is 16.5. The van der Waals surface area contributed by atoms with Gasteiger partial charge in [-0.05, 0) is 31.9 Å². The maximum Gasteiger partial charge on any atom is 0.247 e. The number of aromatic nitrogens is 5. The second-order valence-electron chi connectivity index (χ2n) is 6.92. The first-order valence-electron chi connectivity index (χ1n) is 9.95. The average molecular weight is 413 g/mol. The zero-order chi connectivity index (χ0) is 20.1. The number of carbonyl (C=O) groups is 1. The van der Waals surface area contributed by atoms with Crippen molar-refractivity contribution in [3.05, 3.63) is 42.0 Å². The zero-order valence-corrected chi connectivity index (χ0v) is 17.3. The van der Waals surface area contributed by atoms with Crippen LogP contribution < -0.4 is 0 Å². The Kier molecular flexibility index (Phi) is 6.24. The first-order valence-corrected chi connectivity index (χ1v) is 10.9. The fourth-order valence-corrected chi connectivity index (χ4v) is 4.23. The van der Waals surface area contributed by atoms with E-state index in [0.29, 0.717) is 30.5 Å². The van der Waals surface area contributed by atoms with Gasteiger partial charge in [-0.25, -0.2) is 0 Å². The Bertz CT molecular complexity index is 955. The van der Waals surface area contributed by atoms with Crippen LogP contribution in [0.2, 0.25) is 0 Å². The van der Waals surface area contributed by atoms with E-state index in [2.05, 4.69) is 31.9 Å². The predicted molar refractivity (Wildman–Crippen MR) is 109 cm³/mol. The van der Waals surface area contributed by atoms with Crippen molar-refractivity contribution in [2.45, 2.75) is 56.6 Å². The molecule has 1 aliphatic heterocycles. The fraction of sp³-hybridized carbons (Fsp3) is 0.450. The minimum atomic E-state index is 0.210. The third kappa shape index (κ3) is 4.67. The maximum absolute atomic E-state index is 12.3. The quantitative estimate of drug-likeness (QED) is 0.548. The van der Waals surface area contributed by atoms with Gasteiger partial charge in [0.25, 0.3) is 0 Å². The van der Waals surface area contributed by atoms with E-state index in [0.717, 1.165) is 48.9 Å². The van der Waals surface area contributed by atoms with E-state index < -0.39 is 0 Å².